The van der Waals surface area contributed by atoms with Gasteiger partial charge < -0.3 is 9.73 Å². The fourth-order valence-corrected chi connectivity index (χ4v) is 2.25. The van der Waals surface area contributed by atoms with Gasteiger partial charge in [-0.25, -0.2) is 4.39 Å². The summed E-state index contributed by atoms with van der Waals surface area (Å²) >= 11 is 0. The van der Waals surface area contributed by atoms with Crippen molar-refractivity contribution in [2.24, 2.45) is 0 Å². The van der Waals surface area contributed by atoms with E-state index in [1.807, 2.05) is 31.2 Å². The van der Waals surface area contributed by atoms with E-state index < -0.39 is 0 Å². The smallest absolute Gasteiger partial charge is 0.126 e. The predicted octanol–water partition coefficient (Wildman–Crippen LogP) is 4.01. The molecule has 1 heterocycles. The second-order valence-corrected chi connectivity index (χ2v) is 5.03. The van der Waals surface area contributed by atoms with Crippen LogP contribution in [-0.4, -0.2) is 6.04 Å². The Morgan fingerprint density at radius 3 is 2.53 bits per heavy atom. The third-order valence-corrected chi connectivity index (χ3v) is 3.21. The number of nitrogens with one attached hydrogen (secondary N) is 1. The highest BCUT2D eigenvalue weighted by atomic mass is 19.1. The molecule has 2 aromatic rings. The molecule has 0 saturated heterocycles. The molecule has 1 aromatic carbocycles. The van der Waals surface area contributed by atoms with Crippen LogP contribution in [0.25, 0.3) is 0 Å². The highest BCUT2D eigenvalue weighted by molar-refractivity contribution is 5.18. The summed E-state index contributed by atoms with van der Waals surface area (Å²) in [4.78, 5) is 0. The molecule has 0 amide bonds. The monoisotopic (exact) mass is 261 g/mol. The molecule has 0 fully saturated rings. The van der Waals surface area contributed by atoms with Crippen LogP contribution in [0.1, 0.15) is 37.0 Å². The van der Waals surface area contributed by atoms with Crippen molar-refractivity contribution in [1.29, 1.82) is 0 Å². The van der Waals surface area contributed by atoms with Gasteiger partial charge in [0, 0.05) is 6.04 Å². The molecule has 2 nitrogen and oxygen atoms in total. The van der Waals surface area contributed by atoms with Crippen molar-refractivity contribution in [3.05, 3.63) is 59.3 Å². The molecule has 0 aliphatic rings. The fourth-order valence-electron chi connectivity index (χ4n) is 2.25. The van der Waals surface area contributed by atoms with Crippen molar-refractivity contribution >= 4 is 0 Å². The molecule has 2 rings (SSSR count). The summed E-state index contributed by atoms with van der Waals surface area (Å²) < 4.78 is 19.2. The fraction of sp³-hybridized carbons (Fsp3) is 0.375. The third-order valence-electron chi connectivity index (χ3n) is 3.21. The topological polar surface area (TPSA) is 25.2 Å². The van der Waals surface area contributed by atoms with Gasteiger partial charge in [0.05, 0.1) is 6.04 Å². The van der Waals surface area contributed by atoms with Gasteiger partial charge in [0.15, 0.2) is 0 Å². The average Bonchev–Trinajstić information content (AvgIpc) is 2.79. The largest absolute Gasteiger partial charge is 0.465 e. The highest BCUT2D eigenvalue weighted by Gasteiger charge is 2.14. The molecule has 3 heteroatoms. The van der Waals surface area contributed by atoms with Gasteiger partial charge in [0.25, 0.3) is 0 Å². The summed E-state index contributed by atoms with van der Waals surface area (Å²) in [6.45, 7) is 6.04. The minimum Gasteiger partial charge on any atom is -0.465 e. The Hall–Kier alpha value is -1.61. The molecule has 19 heavy (non-hydrogen) atoms. The summed E-state index contributed by atoms with van der Waals surface area (Å²) in [7, 11) is 0. The van der Waals surface area contributed by atoms with Gasteiger partial charge in [0.2, 0.25) is 0 Å². The zero-order valence-corrected chi connectivity index (χ0v) is 11.6. The molecule has 0 bridgehead atoms. The summed E-state index contributed by atoms with van der Waals surface area (Å²) in [6.07, 6.45) is 0.663. The van der Waals surface area contributed by atoms with E-state index in [1.165, 1.54) is 6.07 Å². The van der Waals surface area contributed by atoms with Crippen molar-refractivity contribution in [1.82, 2.24) is 5.32 Å². The number of furan rings is 1. The summed E-state index contributed by atoms with van der Waals surface area (Å²) in [5.41, 5.74) is 0.741. The lowest BCUT2D eigenvalue weighted by Crippen LogP contribution is -2.30. The Bertz CT molecular complexity index is 535. The Morgan fingerprint density at radius 2 is 1.89 bits per heavy atom. The zero-order chi connectivity index (χ0) is 13.8. The molecule has 0 radical (unpaired) electrons. The number of aryl methyl sites for hydroxylation is 1. The van der Waals surface area contributed by atoms with Crippen LogP contribution in [0.4, 0.5) is 4.39 Å². The van der Waals surface area contributed by atoms with Crippen molar-refractivity contribution < 1.29 is 8.81 Å². The van der Waals surface area contributed by atoms with E-state index in [1.54, 1.807) is 6.07 Å². The number of hydrogen-bond donors (Lipinski definition) is 1. The molecule has 1 aromatic heterocycles. The Kier molecular flexibility index (Phi) is 4.38. The van der Waals surface area contributed by atoms with E-state index in [-0.39, 0.29) is 17.9 Å². The number of benzene rings is 1. The Morgan fingerprint density at radius 1 is 1.16 bits per heavy atom. The molecule has 102 valence electrons. The molecule has 2 atom stereocenters. The maximum absolute atomic E-state index is 13.6. The van der Waals surface area contributed by atoms with E-state index in [2.05, 4.69) is 19.2 Å². The van der Waals surface area contributed by atoms with Gasteiger partial charge in [-0.1, -0.05) is 18.2 Å². The molecule has 0 aliphatic carbocycles. The molecular formula is C16H20FNO. The van der Waals surface area contributed by atoms with Crippen molar-refractivity contribution in [2.45, 2.75) is 39.3 Å². The number of rotatable bonds is 5. The maximum atomic E-state index is 13.6. The van der Waals surface area contributed by atoms with Gasteiger partial charge in [-0.2, -0.15) is 0 Å². The van der Waals surface area contributed by atoms with Crippen molar-refractivity contribution in [2.75, 3.05) is 0 Å². The SMILES string of the molecule is Cc1ccc(C(C)NC(C)Cc2ccccc2F)o1. The van der Waals surface area contributed by atoms with E-state index >= 15 is 0 Å². The minimum atomic E-state index is -0.141. The van der Waals surface area contributed by atoms with Crippen LogP contribution in [0.15, 0.2) is 40.8 Å². The standard InChI is InChI=1S/C16H20FNO/c1-11(10-14-6-4-5-7-15(14)17)18-13(3)16-9-8-12(2)19-16/h4-9,11,13,18H,10H2,1-3H3. The first kappa shape index (κ1) is 13.8. The first-order valence-electron chi connectivity index (χ1n) is 6.62. The van der Waals surface area contributed by atoms with Gasteiger partial charge in [-0.15, -0.1) is 0 Å². The highest BCUT2D eigenvalue weighted by Crippen LogP contribution is 2.17. The third kappa shape index (κ3) is 3.67. The minimum absolute atomic E-state index is 0.121. The average molecular weight is 261 g/mol. The van der Waals surface area contributed by atoms with Crippen molar-refractivity contribution in [3.8, 4) is 0 Å². The van der Waals surface area contributed by atoms with Crippen LogP contribution in [0, 0.1) is 12.7 Å². The molecule has 0 spiro atoms. The maximum Gasteiger partial charge on any atom is 0.126 e. The van der Waals surface area contributed by atoms with Crippen LogP contribution in [0.3, 0.4) is 0 Å². The van der Waals surface area contributed by atoms with E-state index in [4.69, 9.17) is 4.42 Å². The van der Waals surface area contributed by atoms with E-state index in [0.717, 1.165) is 17.1 Å². The van der Waals surface area contributed by atoms with Gasteiger partial charge in [-0.3, -0.25) is 0 Å². The lowest BCUT2D eigenvalue weighted by molar-refractivity contribution is 0.386. The zero-order valence-electron chi connectivity index (χ0n) is 11.6. The van der Waals surface area contributed by atoms with Gasteiger partial charge in [-0.05, 0) is 51.0 Å². The van der Waals surface area contributed by atoms with Crippen LogP contribution in [0.5, 0.6) is 0 Å². The summed E-state index contributed by atoms with van der Waals surface area (Å²) in [6, 6.07) is 11.1. The number of halogens is 1. The lowest BCUT2D eigenvalue weighted by Gasteiger charge is -2.18. The Labute approximate surface area is 113 Å². The summed E-state index contributed by atoms with van der Waals surface area (Å²) in [5, 5.41) is 3.42. The summed E-state index contributed by atoms with van der Waals surface area (Å²) in [5.74, 6) is 1.68. The molecule has 0 saturated carbocycles. The second kappa shape index (κ2) is 6.02. The predicted molar refractivity (Wildman–Crippen MR) is 74.6 cm³/mol. The molecule has 0 aliphatic heterocycles. The molecule has 2 unspecified atom stereocenters. The van der Waals surface area contributed by atoms with Gasteiger partial charge >= 0.3 is 0 Å². The van der Waals surface area contributed by atoms with E-state index in [9.17, 15) is 4.39 Å². The first-order chi connectivity index (χ1) is 9.06. The van der Waals surface area contributed by atoms with Crippen molar-refractivity contribution in [3.63, 3.8) is 0 Å². The Balaban J connectivity index is 1.94. The lowest BCUT2D eigenvalue weighted by atomic mass is 10.1. The second-order valence-electron chi connectivity index (χ2n) is 5.03. The quantitative estimate of drug-likeness (QED) is 0.879. The normalized spacial score (nSPS) is 14.3. The van der Waals surface area contributed by atoms with E-state index in [0.29, 0.717) is 6.42 Å². The van der Waals surface area contributed by atoms with Crippen LogP contribution in [0.2, 0.25) is 0 Å². The first-order valence-corrected chi connectivity index (χ1v) is 6.62. The van der Waals surface area contributed by atoms with Crippen LogP contribution < -0.4 is 5.32 Å². The molecular weight excluding hydrogens is 241 g/mol. The number of hydrogen-bond acceptors (Lipinski definition) is 2. The van der Waals surface area contributed by atoms with Crippen LogP contribution in [-0.2, 0) is 6.42 Å². The van der Waals surface area contributed by atoms with Crippen LogP contribution >= 0.6 is 0 Å². The van der Waals surface area contributed by atoms with Gasteiger partial charge in [0.1, 0.15) is 17.3 Å². The molecule has 1 N–H and O–H groups in total.